The lowest BCUT2D eigenvalue weighted by Crippen LogP contribution is -2.31. The molecule has 0 bridgehead atoms. The molecule has 14 heavy (non-hydrogen) atoms. The van der Waals surface area contributed by atoms with Gasteiger partial charge < -0.3 is 10.2 Å². The minimum Gasteiger partial charge on any atom is -0.356 e. The Hall–Kier alpha value is -0.220. The van der Waals surface area contributed by atoms with Crippen molar-refractivity contribution >= 4 is 18.5 Å². The molecule has 1 N–H and O–H groups in total. The van der Waals surface area contributed by atoms with Crippen molar-refractivity contribution in [1.29, 1.82) is 0 Å². The second kappa shape index (κ2) is 6.30. The smallest absolute Gasteiger partial charge is 0.220 e. The summed E-state index contributed by atoms with van der Waals surface area (Å²) >= 11 is 4.02. The molecule has 1 amide bonds. The van der Waals surface area contributed by atoms with Crippen LogP contribution in [-0.4, -0.2) is 42.7 Å². The van der Waals surface area contributed by atoms with Crippen molar-refractivity contribution in [1.82, 2.24) is 10.2 Å². The SMILES string of the molecule is CCN1CCC(CNC(=O)CCS)C1. The predicted octanol–water partition coefficient (Wildman–Crippen LogP) is 0.764. The van der Waals surface area contributed by atoms with Gasteiger partial charge in [0.05, 0.1) is 0 Å². The summed E-state index contributed by atoms with van der Waals surface area (Å²) in [5, 5.41) is 2.96. The predicted molar refractivity (Wildman–Crippen MR) is 61.7 cm³/mol. The maximum Gasteiger partial charge on any atom is 0.220 e. The molecule has 3 nitrogen and oxygen atoms in total. The average molecular weight is 216 g/mol. The Bertz CT molecular complexity index is 187. The Kier molecular flexibility index (Phi) is 5.33. The van der Waals surface area contributed by atoms with Gasteiger partial charge >= 0.3 is 0 Å². The third-order valence-corrected chi connectivity index (χ3v) is 2.97. The van der Waals surface area contributed by atoms with Crippen LogP contribution < -0.4 is 5.32 Å². The van der Waals surface area contributed by atoms with Crippen LogP contribution in [0.2, 0.25) is 0 Å². The molecule has 0 aliphatic carbocycles. The second-order valence-corrected chi connectivity index (χ2v) is 4.27. The molecule has 1 atom stereocenters. The topological polar surface area (TPSA) is 32.3 Å². The van der Waals surface area contributed by atoms with Crippen molar-refractivity contribution in [2.75, 3.05) is 31.9 Å². The molecule has 1 heterocycles. The van der Waals surface area contributed by atoms with Gasteiger partial charge in [0, 0.05) is 19.5 Å². The quantitative estimate of drug-likeness (QED) is 0.665. The first-order chi connectivity index (χ1) is 6.76. The first-order valence-electron chi connectivity index (χ1n) is 5.36. The minimum atomic E-state index is 0.134. The molecule has 1 saturated heterocycles. The van der Waals surface area contributed by atoms with Gasteiger partial charge in [-0.2, -0.15) is 12.6 Å². The number of likely N-dealkylation sites (tertiary alicyclic amines) is 1. The largest absolute Gasteiger partial charge is 0.356 e. The van der Waals surface area contributed by atoms with Crippen LogP contribution in [0.1, 0.15) is 19.8 Å². The number of hydrogen-bond donors (Lipinski definition) is 2. The van der Waals surface area contributed by atoms with Crippen LogP contribution in [0.3, 0.4) is 0 Å². The Labute approximate surface area is 91.6 Å². The second-order valence-electron chi connectivity index (χ2n) is 3.83. The molecule has 0 saturated carbocycles. The van der Waals surface area contributed by atoms with Gasteiger partial charge in [0.15, 0.2) is 0 Å². The van der Waals surface area contributed by atoms with Crippen LogP contribution in [0.25, 0.3) is 0 Å². The van der Waals surface area contributed by atoms with Crippen LogP contribution in [-0.2, 0) is 4.79 Å². The van der Waals surface area contributed by atoms with Gasteiger partial charge in [-0.1, -0.05) is 6.92 Å². The molecular weight excluding hydrogens is 196 g/mol. The Balaban J connectivity index is 2.11. The molecule has 1 fully saturated rings. The third kappa shape index (κ3) is 3.88. The normalized spacial score (nSPS) is 22.6. The van der Waals surface area contributed by atoms with Crippen molar-refractivity contribution in [3.8, 4) is 0 Å². The van der Waals surface area contributed by atoms with Gasteiger partial charge in [-0.15, -0.1) is 0 Å². The fourth-order valence-electron chi connectivity index (χ4n) is 1.81. The monoisotopic (exact) mass is 216 g/mol. The zero-order valence-electron chi connectivity index (χ0n) is 8.83. The van der Waals surface area contributed by atoms with E-state index >= 15 is 0 Å². The van der Waals surface area contributed by atoms with Crippen LogP contribution in [0.4, 0.5) is 0 Å². The van der Waals surface area contributed by atoms with Gasteiger partial charge in [-0.3, -0.25) is 4.79 Å². The van der Waals surface area contributed by atoms with Crippen LogP contribution in [0, 0.1) is 5.92 Å². The first-order valence-corrected chi connectivity index (χ1v) is 5.99. The van der Waals surface area contributed by atoms with Crippen LogP contribution >= 0.6 is 12.6 Å². The lowest BCUT2D eigenvalue weighted by atomic mass is 10.1. The van der Waals surface area contributed by atoms with E-state index in [1.54, 1.807) is 0 Å². The Morgan fingerprint density at radius 1 is 1.64 bits per heavy atom. The molecule has 0 aromatic carbocycles. The number of thiol groups is 1. The van der Waals surface area contributed by atoms with E-state index in [9.17, 15) is 4.79 Å². The van der Waals surface area contributed by atoms with E-state index in [1.165, 1.54) is 13.0 Å². The third-order valence-electron chi connectivity index (χ3n) is 2.74. The highest BCUT2D eigenvalue weighted by Crippen LogP contribution is 2.14. The number of hydrogen-bond acceptors (Lipinski definition) is 3. The molecule has 1 unspecified atom stereocenters. The average Bonchev–Trinajstić information content (AvgIpc) is 2.63. The van der Waals surface area contributed by atoms with E-state index in [-0.39, 0.29) is 5.91 Å². The van der Waals surface area contributed by atoms with Crippen molar-refractivity contribution < 1.29 is 4.79 Å². The van der Waals surface area contributed by atoms with E-state index in [0.717, 1.165) is 19.6 Å². The number of nitrogens with zero attached hydrogens (tertiary/aromatic N) is 1. The van der Waals surface area contributed by atoms with E-state index in [4.69, 9.17) is 0 Å². The van der Waals surface area contributed by atoms with E-state index in [0.29, 0.717) is 18.1 Å². The van der Waals surface area contributed by atoms with E-state index in [1.807, 2.05) is 0 Å². The molecule has 0 radical (unpaired) electrons. The van der Waals surface area contributed by atoms with E-state index < -0.39 is 0 Å². The lowest BCUT2D eigenvalue weighted by Gasteiger charge is -2.13. The Morgan fingerprint density at radius 3 is 3.00 bits per heavy atom. The Morgan fingerprint density at radius 2 is 2.43 bits per heavy atom. The molecule has 1 aliphatic heterocycles. The highest BCUT2D eigenvalue weighted by atomic mass is 32.1. The number of amides is 1. The number of carbonyl (C=O) groups is 1. The molecule has 4 heteroatoms. The fourth-order valence-corrected chi connectivity index (χ4v) is 2.02. The number of rotatable bonds is 5. The molecule has 1 aliphatic rings. The number of nitrogens with one attached hydrogen (secondary N) is 1. The summed E-state index contributed by atoms with van der Waals surface area (Å²) in [6.45, 7) is 6.47. The van der Waals surface area contributed by atoms with Gasteiger partial charge in [0.2, 0.25) is 5.91 Å². The molecular formula is C10H20N2OS. The summed E-state index contributed by atoms with van der Waals surface area (Å²) in [7, 11) is 0. The van der Waals surface area contributed by atoms with Crippen molar-refractivity contribution in [2.24, 2.45) is 5.92 Å². The molecule has 0 aromatic heterocycles. The van der Waals surface area contributed by atoms with Crippen molar-refractivity contribution in [3.63, 3.8) is 0 Å². The van der Waals surface area contributed by atoms with Gasteiger partial charge in [-0.05, 0) is 31.2 Å². The highest BCUT2D eigenvalue weighted by molar-refractivity contribution is 7.80. The van der Waals surface area contributed by atoms with Crippen LogP contribution in [0.5, 0.6) is 0 Å². The van der Waals surface area contributed by atoms with Crippen molar-refractivity contribution in [3.05, 3.63) is 0 Å². The highest BCUT2D eigenvalue weighted by Gasteiger charge is 2.20. The zero-order chi connectivity index (χ0) is 10.4. The maximum atomic E-state index is 11.2. The fraction of sp³-hybridized carbons (Fsp3) is 0.900. The lowest BCUT2D eigenvalue weighted by molar-refractivity contribution is -0.120. The van der Waals surface area contributed by atoms with Crippen molar-refractivity contribution in [2.45, 2.75) is 19.8 Å². The number of carbonyl (C=O) groups excluding carboxylic acids is 1. The standard InChI is InChI=1S/C10H20N2OS/c1-2-12-5-3-9(8-12)7-11-10(13)4-6-14/h9,14H,2-8H2,1H3,(H,11,13). The van der Waals surface area contributed by atoms with Crippen LogP contribution in [0.15, 0.2) is 0 Å². The minimum absolute atomic E-state index is 0.134. The maximum absolute atomic E-state index is 11.2. The summed E-state index contributed by atoms with van der Waals surface area (Å²) < 4.78 is 0. The van der Waals surface area contributed by atoms with Gasteiger partial charge in [-0.25, -0.2) is 0 Å². The molecule has 0 spiro atoms. The summed E-state index contributed by atoms with van der Waals surface area (Å²) in [6, 6.07) is 0. The van der Waals surface area contributed by atoms with E-state index in [2.05, 4.69) is 29.8 Å². The molecule has 1 rings (SSSR count). The summed E-state index contributed by atoms with van der Waals surface area (Å²) in [6.07, 6.45) is 1.75. The zero-order valence-corrected chi connectivity index (χ0v) is 9.72. The van der Waals surface area contributed by atoms with Gasteiger partial charge in [0.25, 0.3) is 0 Å². The summed E-state index contributed by atoms with van der Waals surface area (Å²) in [5.74, 6) is 1.42. The summed E-state index contributed by atoms with van der Waals surface area (Å²) in [4.78, 5) is 13.6. The molecule has 82 valence electrons. The molecule has 0 aromatic rings. The summed E-state index contributed by atoms with van der Waals surface area (Å²) in [5.41, 5.74) is 0. The first kappa shape index (κ1) is 11.9. The van der Waals surface area contributed by atoms with Gasteiger partial charge in [0.1, 0.15) is 0 Å².